The van der Waals surface area contributed by atoms with Crippen LogP contribution in [0.5, 0.6) is 5.75 Å². The van der Waals surface area contributed by atoms with Gasteiger partial charge in [0, 0.05) is 10.5 Å². The first kappa shape index (κ1) is 8.45. The molecule has 0 radical (unpaired) electrons. The van der Waals surface area contributed by atoms with Crippen LogP contribution in [0.3, 0.4) is 0 Å². The van der Waals surface area contributed by atoms with Gasteiger partial charge in [-0.25, -0.2) is 0 Å². The minimum Gasteiger partial charge on any atom is -0.508 e. The van der Waals surface area contributed by atoms with Crippen LogP contribution < -0.4 is 0 Å². The summed E-state index contributed by atoms with van der Waals surface area (Å²) in [5, 5.41) is 11.7. The third-order valence-electron chi connectivity index (χ3n) is 2.25. The summed E-state index contributed by atoms with van der Waals surface area (Å²) in [4.78, 5) is 0.857. The molecule has 0 saturated carbocycles. The van der Waals surface area contributed by atoms with Crippen LogP contribution in [0.1, 0.15) is 5.56 Å². The highest BCUT2D eigenvalue weighted by Gasteiger charge is 2.04. The summed E-state index contributed by atoms with van der Waals surface area (Å²) in [7, 11) is 0. The molecule has 0 saturated heterocycles. The number of phenols is 1. The predicted molar refractivity (Wildman–Crippen MR) is 57.6 cm³/mol. The van der Waals surface area contributed by atoms with Crippen molar-refractivity contribution in [3.8, 4) is 5.75 Å². The molecule has 2 rings (SSSR count). The first-order valence-electron chi connectivity index (χ1n) is 4.10. The lowest BCUT2D eigenvalue weighted by Gasteiger charge is -2.06. The normalized spacial score (nSPS) is 10.6. The summed E-state index contributed by atoms with van der Waals surface area (Å²) in [6.45, 7) is 1.87. The largest absolute Gasteiger partial charge is 0.508 e. The Hall–Kier alpha value is -1.15. The summed E-state index contributed by atoms with van der Waals surface area (Å²) in [5.74, 6) is 0.309. The number of aromatic hydroxyl groups is 1. The summed E-state index contributed by atoms with van der Waals surface area (Å²) < 4.78 is 0. The third kappa shape index (κ3) is 1.27. The fourth-order valence-electron chi connectivity index (χ4n) is 1.42. The van der Waals surface area contributed by atoms with E-state index in [0.29, 0.717) is 5.75 Å². The standard InChI is InChI=1S/C11H10OS/c1-7-10(12)6-8-4-2-3-5-9(8)11(7)13/h2-6,12-13H,1H3. The zero-order chi connectivity index (χ0) is 9.42. The zero-order valence-electron chi connectivity index (χ0n) is 7.28. The maximum Gasteiger partial charge on any atom is 0.120 e. The van der Waals surface area contributed by atoms with E-state index in [2.05, 4.69) is 12.6 Å². The number of hydrogen-bond acceptors (Lipinski definition) is 2. The van der Waals surface area contributed by atoms with Gasteiger partial charge in [0.2, 0.25) is 0 Å². The van der Waals surface area contributed by atoms with E-state index in [1.54, 1.807) is 6.07 Å². The van der Waals surface area contributed by atoms with Crippen molar-refractivity contribution >= 4 is 23.4 Å². The fourth-order valence-corrected chi connectivity index (χ4v) is 1.74. The van der Waals surface area contributed by atoms with E-state index in [1.807, 2.05) is 31.2 Å². The highest BCUT2D eigenvalue weighted by molar-refractivity contribution is 7.80. The number of hydrogen-bond donors (Lipinski definition) is 2. The molecule has 1 N–H and O–H groups in total. The molecule has 1 nitrogen and oxygen atoms in total. The van der Waals surface area contributed by atoms with Crippen LogP contribution in [-0.2, 0) is 0 Å². The van der Waals surface area contributed by atoms with Crippen molar-refractivity contribution in [3.63, 3.8) is 0 Å². The van der Waals surface area contributed by atoms with Crippen LogP contribution in [-0.4, -0.2) is 5.11 Å². The second-order valence-corrected chi connectivity index (χ2v) is 3.54. The number of rotatable bonds is 0. The molecule has 0 aromatic heterocycles. The molecule has 66 valence electrons. The summed E-state index contributed by atoms with van der Waals surface area (Å²) >= 11 is 4.37. The average Bonchev–Trinajstić information content (AvgIpc) is 2.15. The molecule has 0 spiro atoms. The lowest BCUT2D eigenvalue weighted by molar-refractivity contribution is 0.470. The molecule has 0 aliphatic rings. The van der Waals surface area contributed by atoms with Gasteiger partial charge in [-0.05, 0) is 23.8 Å². The molecule has 0 aliphatic heterocycles. The highest BCUT2D eigenvalue weighted by Crippen LogP contribution is 2.31. The van der Waals surface area contributed by atoms with Gasteiger partial charge in [-0.2, -0.15) is 0 Å². The maximum atomic E-state index is 9.55. The van der Waals surface area contributed by atoms with Crippen LogP contribution in [0.2, 0.25) is 0 Å². The van der Waals surface area contributed by atoms with Crippen LogP contribution in [0.15, 0.2) is 35.2 Å². The van der Waals surface area contributed by atoms with Crippen molar-refractivity contribution < 1.29 is 5.11 Å². The van der Waals surface area contributed by atoms with E-state index in [4.69, 9.17) is 0 Å². The van der Waals surface area contributed by atoms with Crippen LogP contribution in [0, 0.1) is 6.92 Å². The van der Waals surface area contributed by atoms with Gasteiger partial charge in [-0.15, -0.1) is 12.6 Å². The topological polar surface area (TPSA) is 20.2 Å². The van der Waals surface area contributed by atoms with Crippen LogP contribution >= 0.6 is 12.6 Å². The number of phenolic OH excluding ortho intramolecular Hbond substituents is 1. The van der Waals surface area contributed by atoms with Crippen molar-refractivity contribution in [2.45, 2.75) is 11.8 Å². The van der Waals surface area contributed by atoms with Crippen molar-refractivity contribution in [2.24, 2.45) is 0 Å². The van der Waals surface area contributed by atoms with Crippen molar-refractivity contribution in [2.75, 3.05) is 0 Å². The molecule has 0 atom stereocenters. The first-order chi connectivity index (χ1) is 6.20. The molecule has 2 aromatic rings. The van der Waals surface area contributed by atoms with Gasteiger partial charge in [0.15, 0.2) is 0 Å². The molecule has 13 heavy (non-hydrogen) atoms. The van der Waals surface area contributed by atoms with Crippen molar-refractivity contribution in [1.82, 2.24) is 0 Å². The first-order valence-corrected chi connectivity index (χ1v) is 4.55. The van der Waals surface area contributed by atoms with Crippen LogP contribution in [0.4, 0.5) is 0 Å². The number of thiol groups is 1. The van der Waals surface area contributed by atoms with Gasteiger partial charge in [0.25, 0.3) is 0 Å². The van der Waals surface area contributed by atoms with Crippen molar-refractivity contribution in [1.29, 1.82) is 0 Å². The summed E-state index contributed by atoms with van der Waals surface area (Å²) in [6.07, 6.45) is 0. The lowest BCUT2D eigenvalue weighted by atomic mass is 10.1. The smallest absolute Gasteiger partial charge is 0.120 e. The molecule has 0 aliphatic carbocycles. The fraction of sp³-hybridized carbons (Fsp3) is 0.0909. The molecular weight excluding hydrogens is 180 g/mol. The zero-order valence-corrected chi connectivity index (χ0v) is 8.18. The lowest BCUT2D eigenvalue weighted by Crippen LogP contribution is -1.81. The Bertz CT molecular complexity index is 463. The van der Waals surface area contributed by atoms with E-state index in [-0.39, 0.29) is 0 Å². The highest BCUT2D eigenvalue weighted by atomic mass is 32.1. The van der Waals surface area contributed by atoms with Gasteiger partial charge in [0.1, 0.15) is 5.75 Å². The third-order valence-corrected chi connectivity index (χ3v) is 2.82. The van der Waals surface area contributed by atoms with E-state index in [9.17, 15) is 5.11 Å². The molecule has 0 heterocycles. The number of benzene rings is 2. The Balaban J connectivity index is 2.94. The van der Waals surface area contributed by atoms with E-state index in [0.717, 1.165) is 21.2 Å². The quantitative estimate of drug-likeness (QED) is 0.611. The minimum absolute atomic E-state index is 0.309. The van der Waals surface area contributed by atoms with Gasteiger partial charge in [0.05, 0.1) is 0 Å². The van der Waals surface area contributed by atoms with E-state index >= 15 is 0 Å². The van der Waals surface area contributed by atoms with Gasteiger partial charge in [-0.1, -0.05) is 24.3 Å². The Labute approximate surface area is 82.4 Å². The molecule has 0 bridgehead atoms. The van der Waals surface area contributed by atoms with Crippen LogP contribution in [0.25, 0.3) is 10.8 Å². The molecule has 2 heteroatoms. The summed E-state index contributed by atoms with van der Waals surface area (Å²) in [5.41, 5.74) is 0.835. The second-order valence-electron chi connectivity index (χ2n) is 3.09. The summed E-state index contributed by atoms with van der Waals surface area (Å²) in [6, 6.07) is 9.66. The number of fused-ring (bicyclic) bond motifs is 1. The Morgan fingerprint density at radius 1 is 1.23 bits per heavy atom. The molecule has 0 unspecified atom stereocenters. The SMILES string of the molecule is Cc1c(O)cc2ccccc2c1S. The second kappa shape index (κ2) is 2.96. The van der Waals surface area contributed by atoms with E-state index in [1.165, 1.54) is 0 Å². The van der Waals surface area contributed by atoms with E-state index < -0.39 is 0 Å². The Morgan fingerprint density at radius 3 is 2.69 bits per heavy atom. The van der Waals surface area contributed by atoms with Crippen molar-refractivity contribution in [3.05, 3.63) is 35.9 Å². The average molecular weight is 190 g/mol. The van der Waals surface area contributed by atoms with Gasteiger partial charge < -0.3 is 5.11 Å². The van der Waals surface area contributed by atoms with Gasteiger partial charge in [-0.3, -0.25) is 0 Å². The molecule has 2 aromatic carbocycles. The molecule has 0 amide bonds. The molecular formula is C11H10OS. The maximum absolute atomic E-state index is 9.55. The monoisotopic (exact) mass is 190 g/mol. The molecule has 0 fully saturated rings. The Kier molecular flexibility index (Phi) is 1.93. The predicted octanol–water partition coefficient (Wildman–Crippen LogP) is 3.14. The van der Waals surface area contributed by atoms with Gasteiger partial charge >= 0.3 is 0 Å². The Morgan fingerprint density at radius 2 is 1.92 bits per heavy atom. The minimum atomic E-state index is 0.309.